The van der Waals surface area contributed by atoms with E-state index in [0.29, 0.717) is 5.69 Å². The van der Waals surface area contributed by atoms with Crippen molar-refractivity contribution in [3.05, 3.63) is 18.5 Å². The van der Waals surface area contributed by atoms with Crippen molar-refractivity contribution in [1.29, 1.82) is 0 Å². The van der Waals surface area contributed by atoms with Gasteiger partial charge in [-0.2, -0.15) is 4.31 Å². The Hall–Kier alpha value is -1.14. The minimum atomic E-state index is -3.41. The summed E-state index contributed by atoms with van der Waals surface area (Å²) in [5.41, 5.74) is 0.586. The lowest BCUT2D eigenvalue weighted by molar-refractivity contribution is 0.464. The lowest BCUT2D eigenvalue weighted by Crippen LogP contribution is -2.29. The summed E-state index contributed by atoms with van der Waals surface area (Å²) in [7, 11) is -0.0858. The van der Waals surface area contributed by atoms with Gasteiger partial charge in [-0.25, -0.2) is 8.42 Å². The first-order valence-electron chi connectivity index (χ1n) is 5.17. The van der Waals surface area contributed by atoms with Crippen LogP contribution in [0.1, 0.15) is 12.8 Å². The first-order valence-corrected chi connectivity index (χ1v) is 6.61. The standard InChI is InChI=1S/C10H15N3O2S/c1-11-9-5-6-12-7-10(9)16(14,15)13(2)8-3-4-8/h5-8H,3-4H2,1-2H3,(H,11,12). The van der Waals surface area contributed by atoms with Crippen LogP contribution in [0.25, 0.3) is 0 Å². The molecule has 1 fully saturated rings. The third kappa shape index (κ3) is 1.90. The summed E-state index contributed by atoms with van der Waals surface area (Å²) in [6, 6.07) is 1.82. The largest absolute Gasteiger partial charge is 0.387 e. The van der Waals surface area contributed by atoms with Crippen LogP contribution in [0.5, 0.6) is 0 Å². The number of sulfonamides is 1. The molecule has 0 amide bonds. The minimum absolute atomic E-state index is 0.162. The van der Waals surface area contributed by atoms with E-state index in [0.717, 1.165) is 12.8 Å². The molecule has 1 saturated carbocycles. The Morgan fingerprint density at radius 3 is 2.75 bits per heavy atom. The van der Waals surface area contributed by atoms with Gasteiger partial charge in [0.2, 0.25) is 10.0 Å². The van der Waals surface area contributed by atoms with Gasteiger partial charge < -0.3 is 5.32 Å². The molecule has 0 unspecified atom stereocenters. The molecule has 1 aromatic rings. The predicted molar refractivity (Wildman–Crippen MR) is 61.8 cm³/mol. The Morgan fingerprint density at radius 1 is 1.50 bits per heavy atom. The van der Waals surface area contributed by atoms with E-state index >= 15 is 0 Å². The highest BCUT2D eigenvalue weighted by molar-refractivity contribution is 7.89. The smallest absolute Gasteiger partial charge is 0.246 e. The summed E-state index contributed by atoms with van der Waals surface area (Å²) >= 11 is 0. The summed E-state index contributed by atoms with van der Waals surface area (Å²) in [5, 5.41) is 2.87. The van der Waals surface area contributed by atoms with Gasteiger partial charge in [0.15, 0.2) is 0 Å². The molecule has 88 valence electrons. The molecule has 0 saturated heterocycles. The fourth-order valence-electron chi connectivity index (χ4n) is 1.58. The zero-order valence-electron chi connectivity index (χ0n) is 9.34. The monoisotopic (exact) mass is 241 g/mol. The first-order chi connectivity index (χ1) is 7.57. The third-order valence-corrected chi connectivity index (χ3v) is 4.71. The van der Waals surface area contributed by atoms with E-state index in [2.05, 4.69) is 10.3 Å². The van der Waals surface area contributed by atoms with Gasteiger partial charge in [0.1, 0.15) is 4.90 Å². The average Bonchev–Trinajstić information content (AvgIpc) is 3.11. The Morgan fingerprint density at radius 2 is 2.19 bits per heavy atom. The highest BCUT2D eigenvalue weighted by atomic mass is 32.2. The molecule has 16 heavy (non-hydrogen) atoms. The number of rotatable bonds is 4. The Labute approximate surface area is 95.5 Å². The molecule has 1 aliphatic rings. The van der Waals surface area contributed by atoms with Gasteiger partial charge >= 0.3 is 0 Å². The molecule has 0 atom stereocenters. The maximum Gasteiger partial charge on any atom is 0.246 e. The summed E-state index contributed by atoms with van der Waals surface area (Å²) in [4.78, 5) is 4.12. The van der Waals surface area contributed by atoms with E-state index in [9.17, 15) is 8.42 Å². The Balaban J connectivity index is 2.41. The molecule has 1 aromatic heterocycles. The van der Waals surface area contributed by atoms with E-state index in [1.165, 1.54) is 10.5 Å². The molecule has 6 heteroatoms. The van der Waals surface area contributed by atoms with Crippen molar-refractivity contribution in [3.63, 3.8) is 0 Å². The number of pyridine rings is 1. The summed E-state index contributed by atoms with van der Waals surface area (Å²) in [6.07, 6.45) is 4.86. The zero-order valence-corrected chi connectivity index (χ0v) is 10.2. The SMILES string of the molecule is CNc1ccncc1S(=O)(=O)N(C)C1CC1. The quantitative estimate of drug-likeness (QED) is 0.851. The normalized spacial score (nSPS) is 16.4. The third-order valence-electron chi connectivity index (χ3n) is 2.77. The van der Waals surface area contributed by atoms with E-state index in [1.54, 1.807) is 26.4 Å². The molecule has 0 bridgehead atoms. The molecular formula is C10H15N3O2S. The lowest BCUT2D eigenvalue weighted by Gasteiger charge is -2.18. The first kappa shape index (κ1) is 11.3. The van der Waals surface area contributed by atoms with Crippen molar-refractivity contribution in [3.8, 4) is 0 Å². The molecule has 0 spiro atoms. The van der Waals surface area contributed by atoms with Gasteiger partial charge in [-0.15, -0.1) is 0 Å². The highest BCUT2D eigenvalue weighted by Gasteiger charge is 2.36. The van der Waals surface area contributed by atoms with Gasteiger partial charge in [0.05, 0.1) is 5.69 Å². The van der Waals surface area contributed by atoms with Crippen LogP contribution in [0, 0.1) is 0 Å². The summed E-state index contributed by atoms with van der Waals surface area (Å²) in [5.74, 6) is 0. The Kier molecular flexibility index (Phi) is 2.86. The summed E-state index contributed by atoms with van der Waals surface area (Å²) in [6.45, 7) is 0. The van der Waals surface area contributed by atoms with Crippen molar-refractivity contribution in [2.24, 2.45) is 0 Å². The molecule has 0 aromatic carbocycles. The average molecular weight is 241 g/mol. The van der Waals surface area contributed by atoms with Crippen LogP contribution in [-0.2, 0) is 10.0 Å². The van der Waals surface area contributed by atoms with Gasteiger partial charge in [-0.1, -0.05) is 0 Å². The second kappa shape index (κ2) is 4.03. The molecule has 0 aliphatic heterocycles. The van der Waals surface area contributed by atoms with E-state index in [1.807, 2.05) is 0 Å². The number of nitrogens with zero attached hydrogens (tertiary/aromatic N) is 2. The zero-order chi connectivity index (χ0) is 11.8. The van der Waals surface area contributed by atoms with Gasteiger partial charge in [-0.3, -0.25) is 4.98 Å². The topological polar surface area (TPSA) is 62.3 Å². The fraction of sp³-hybridized carbons (Fsp3) is 0.500. The number of nitrogens with one attached hydrogen (secondary N) is 1. The second-order valence-electron chi connectivity index (χ2n) is 3.87. The maximum atomic E-state index is 12.2. The van der Waals surface area contributed by atoms with Gasteiger partial charge in [0, 0.05) is 32.5 Å². The van der Waals surface area contributed by atoms with E-state index in [4.69, 9.17) is 0 Å². The molecule has 5 nitrogen and oxygen atoms in total. The van der Waals surface area contributed by atoms with Crippen molar-refractivity contribution >= 4 is 15.7 Å². The number of anilines is 1. The lowest BCUT2D eigenvalue weighted by atomic mass is 10.4. The number of hydrogen-bond donors (Lipinski definition) is 1. The van der Waals surface area contributed by atoms with Gasteiger partial charge in [-0.05, 0) is 18.9 Å². The number of hydrogen-bond acceptors (Lipinski definition) is 4. The molecule has 2 rings (SSSR count). The fourth-order valence-corrected chi connectivity index (χ4v) is 3.14. The van der Waals surface area contributed by atoms with Crippen LogP contribution in [0.3, 0.4) is 0 Å². The molecule has 1 N–H and O–H groups in total. The molecule has 1 aliphatic carbocycles. The minimum Gasteiger partial charge on any atom is -0.387 e. The van der Waals surface area contributed by atoms with Crippen LogP contribution in [0.2, 0.25) is 0 Å². The number of aromatic nitrogens is 1. The maximum absolute atomic E-state index is 12.2. The predicted octanol–water partition coefficient (Wildman–Crippen LogP) is 0.906. The Bertz CT molecular complexity index is 483. The van der Waals surface area contributed by atoms with Crippen LogP contribution in [0.15, 0.2) is 23.4 Å². The van der Waals surface area contributed by atoms with Crippen LogP contribution < -0.4 is 5.32 Å². The van der Waals surface area contributed by atoms with E-state index < -0.39 is 10.0 Å². The van der Waals surface area contributed by atoms with Crippen LogP contribution >= 0.6 is 0 Å². The van der Waals surface area contributed by atoms with Crippen molar-refractivity contribution < 1.29 is 8.42 Å². The van der Waals surface area contributed by atoms with Crippen LogP contribution in [-0.4, -0.2) is 37.8 Å². The van der Waals surface area contributed by atoms with Crippen molar-refractivity contribution in [1.82, 2.24) is 9.29 Å². The van der Waals surface area contributed by atoms with E-state index in [-0.39, 0.29) is 10.9 Å². The van der Waals surface area contributed by atoms with Crippen molar-refractivity contribution in [2.45, 2.75) is 23.8 Å². The highest BCUT2D eigenvalue weighted by Crippen LogP contribution is 2.32. The molecule has 1 heterocycles. The summed E-state index contributed by atoms with van der Waals surface area (Å²) < 4.78 is 25.9. The second-order valence-corrected chi connectivity index (χ2v) is 5.84. The molecular weight excluding hydrogens is 226 g/mol. The molecule has 0 radical (unpaired) electrons. The van der Waals surface area contributed by atoms with Crippen LogP contribution in [0.4, 0.5) is 5.69 Å². The van der Waals surface area contributed by atoms with Crippen molar-refractivity contribution in [2.75, 3.05) is 19.4 Å². The van der Waals surface area contributed by atoms with Gasteiger partial charge in [0.25, 0.3) is 0 Å².